The first-order chi connectivity index (χ1) is 6.64. The summed E-state index contributed by atoms with van der Waals surface area (Å²) in [6.07, 6.45) is 2.13. The highest BCUT2D eigenvalue weighted by atomic mass is 16.5. The van der Waals surface area contributed by atoms with Crippen molar-refractivity contribution in [2.45, 2.75) is 38.3 Å². The molecule has 4 heteroatoms. The van der Waals surface area contributed by atoms with E-state index in [2.05, 4.69) is 19.2 Å². The largest absolute Gasteiger partial charge is 0.376 e. The molecule has 0 saturated carbocycles. The van der Waals surface area contributed by atoms with Crippen molar-refractivity contribution in [1.82, 2.24) is 10.2 Å². The van der Waals surface area contributed by atoms with Gasteiger partial charge in [-0.2, -0.15) is 0 Å². The van der Waals surface area contributed by atoms with Crippen LogP contribution in [-0.4, -0.2) is 42.3 Å². The third-order valence-corrected chi connectivity index (χ3v) is 3.55. The van der Waals surface area contributed by atoms with E-state index < -0.39 is 0 Å². The summed E-state index contributed by atoms with van der Waals surface area (Å²) in [6, 6.07) is 0.0658. The fourth-order valence-corrected chi connectivity index (χ4v) is 2.30. The van der Waals surface area contributed by atoms with Gasteiger partial charge in [-0.25, -0.2) is 4.79 Å². The molecule has 2 unspecified atom stereocenters. The molecule has 0 bridgehead atoms. The average Bonchev–Trinajstić information content (AvgIpc) is 2.49. The molecule has 1 N–H and O–H groups in total. The van der Waals surface area contributed by atoms with Gasteiger partial charge in [-0.3, -0.25) is 0 Å². The Bertz CT molecular complexity index is 244. The van der Waals surface area contributed by atoms with Gasteiger partial charge in [0.15, 0.2) is 0 Å². The third kappa shape index (κ3) is 1.38. The summed E-state index contributed by atoms with van der Waals surface area (Å²) in [5.74, 6) is 0. The summed E-state index contributed by atoms with van der Waals surface area (Å²) in [5, 5.41) is 2.89. The van der Waals surface area contributed by atoms with E-state index in [0.717, 1.165) is 32.5 Å². The minimum atomic E-state index is -0.107. The molecule has 2 aliphatic heterocycles. The Labute approximate surface area is 84.6 Å². The van der Waals surface area contributed by atoms with Gasteiger partial charge in [0.05, 0.1) is 11.6 Å². The molecular formula is C10H18N2O2. The van der Waals surface area contributed by atoms with Crippen LogP contribution in [0, 0.1) is 0 Å². The lowest BCUT2D eigenvalue weighted by Crippen LogP contribution is -2.59. The molecule has 2 heterocycles. The van der Waals surface area contributed by atoms with Crippen LogP contribution in [0.15, 0.2) is 0 Å². The first kappa shape index (κ1) is 9.77. The second kappa shape index (κ2) is 3.42. The lowest BCUT2D eigenvalue weighted by molar-refractivity contribution is 0.0340. The summed E-state index contributed by atoms with van der Waals surface area (Å²) >= 11 is 0. The maximum absolute atomic E-state index is 11.7. The minimum Gasteiger partial charge on any atom is -0.376 e. The maximum Gasteiger partial charge on any atom is 0.317 e. The Balaban J connectivity index is 2.15. The van der Waals surface area contributed by atoms with Gasteiger partial charge in [0.25, 0.3) is 0 Å². The van der Waals surface area contributed by atoms with Crippen molar-refractivity contribution in [3.8, 4) is 0 Å². The molecule has 0 aromatic rings. The van der Waals surface area contributed by atoms with Crippen molar-refractivity contribution < 1.29 is 9.53 Å². The second-order valence-electron chi connectivity index (χ2n) is 4.36. The quantitative estimate of drug-likeness (QED) is 0.682. The van der Waals surface area contributed by atoms with Crippen LogP contribution >= 0.6 is 0 Å². The summed E-state index contributed by atoms with van der Waals surface area (Å²) in [5.41, 5.74) is -0.107. The molecule has 80 valence electrons. The first-order valence-corrected chi connectivity index (χ1v) is 5.32. The Kier molecular flexibility index (Phi) is 2.39. The lowest BCUT2D eigenvalue weighted by Gasteiger charge is -2.42. The molecule has 0 radical (unpaired) electrons. The van der Waals surface area contributed by atoms with Crippen LogP contribution in [0.2, 0.25) is 0 Å². The normalized spacial score (nSPS) is 38.6. The van der Waals surface area contributed by atoms with Crippen LogP contribution < -0.4 is 5.32 Å². The highest BCUT2D eigenvalue weighted by Crippen LogP contribution is 2.32. The second-order valence-corrected chi connectivity index (χ2v) is 4.36. The monoisotopic (exact) mass is 198 g/mol. The molecule has 2 fully saturated rings. The molecule has 2 saturated heterocycles. The maximum atomic E-state index is 11.7. The van der Waals surface area contributed by atoms with E-state index in [-0.39, 0.29) is 17.7 Å². The molecule has 4 nitrogen and oxygen atoms in total. The molecule has 0 aromatic carbocycles. The fraction of sp³-hybridized carbons (Fsp3) is 0.900. The van der Waals surface area contributed by atoms with Gasteiger partial charge >= 0.3 is 6.03 Å². The zero-order valence-electron chi connectivity index (χ0n) is 8.88. The van der Waals surface area contributed by atoms with Crippen LogP contribution in [0.1, 0.15) is 26.7 Å². The van der Waals surface area contributed by atoms with Crippen molar-refractivity contribution in [3.63, 3.8) is 0 Å². The molecule has 0 aromatic heterocycles. The molecule has 2 rings (SSSR count). The van der Waals surface area contributed by atoms with Crippen molar-refractivity contribution in [3.05, 3.63) is 0 Å². The fourth-order valence-electron chi connectivity index (χ4n) is 2.30. The summed E-state index contributed by atoms with van der Waals surface area (Å²) in [4.78, 5) is 13.6. The molecule has 2 aliphatic rings. The predicted octanol–water partition coefficient (Wildman–Crippen LogP) is 0.969. The number of nitrogens with one attached hydrogen (secondary N) is 1. The molecule has 0 aliphatic carbocycles. The smallest absolute Gasteiger partial charge is 0.317 e. The molecule has 14 heavy (non-hydrogen) atoms. The topological polar surface area (TPSA) is 41.6 Å². The van der Waals surface area contributed by atoms with Gasteiger partial charge in [-0.15, -0.1) is 0 Å². The molecule has 2 atom stereocenters. The van der Waals surface area contributed by atoms with Gasteiger partial charge in [0.1, 0.15) is 0 Å². The summed E-state index contributed by atoms with van der Waals surface area (Å²) < 4.78 is 5.55. The molecule has 2 amide bonds. The van der Waals surface area contributed by atoms with Crippen molar-refractivity contribution in [2.24, 2.45) is 0 Å². The Hall–Kier alpha value is -0.770. The van der Waals surface area contributed by atoms with Gasteiger partial charge < -0.3 is 15.0 Å². The number of amides is 2. The van der Waals surface area contributed by atoms with Crippen LogP contribution in [0.25, 0.3) is 0 Å². The Morgan fingerprint density at radius 2 is 2.43 bits per heavy atom. The van der Waals surface area contributed by atoms with Gasteiger partial charge in [-0.1, -0.05) is 0 Å². The van der Waals surface area contributed by atoms with E-state index in [0.29, 0.717) is 0 Å². The van der Waals surface area contributed by atoms with E-state index in [1.54, 1.807) is 0 Å². The SMILES string of the molecule is CC1OCCC1(C)N1CCCNC1=O. The number of hydrogen-bond acceptors (Lipinski definition) is 2. The number of urea groups is 1. The molecular weight excluding hydrogens is 180 g/mol. The number of hydrogen-bond donors (Lipinski definition) is 1. The number of ether oxygens (including phenoxy) is 1. The standard InChI is InChI=1S/C10H18N2O2/c1-8-10(2,4-7-14-8)12-6-3-5-11-9(12)13/h8H,3-7H2,1-2H3,(H,11,13). The van der Waals surface area contributed by atoms with Crippen LogP contribution in [0.5, 0.6) is 0 Å². The predicted molar refractivity (Wildman–Crippen MR) is 53.2 cm³/mol. The van der Waals surface area contributed by atoms with E-state index >= 15 is 0 Å². The molecule has 0 spiro atoms. The number of rotatable bonds is 1. The van der Waals surface area contributed by atoms with E-state index in [9.17, 15) is 4.79 Å². The summed E-state index contributed by atoms with van der Waals surface area (Å²) in [7, 11) is 0. The van der Waals surface area contributed by atoms with E-state index in [1.165, 1.54) is 0 Å². The zero-order chi connectivity index (χ0) is 10.2. The van der Waals surface area contributed by atoms with Crippen molar-refractivity contribution in [1.29, 1.82) is 0 Å². The zero-order valence-corrected chi connectivity index (χ0v) is 8.88. The van der Waals surface area contributed by atoms with Crippen molar-refractivity contribution >= 4 is 6.03 Å². The Morgan fingerprint density at radius 3 is 3.00 bits per heavy atom. The van der Waals surface area contributed by atoms with Gasteiger partial charge in [0, 0.05) is 19.7 Å². The van der Waals surface area contributed by atoms with Gasteiger partial charge in [-0.05, 0) is 26.7 Å². The highest BCUT2D eigenvalue weighted by Gasteiger charge is 2.44. The van der Waals surface area contributed by atoms with E-state index in [1.807, 2.05) is 4.90 Å². The lowest BCUT2D eigenvalue weighted by atomic mass is 9.92. The Morgan fingerprint density at radius 1 is 1.64 bits per heavy atom. The third-order valence-electron chi connectivity index (χ3n) is 3.55. The first-order valence-electron chi connectivity index (χ1n) is 5.32. The number of carbonyl (C=O) groups is 1. The average molecular weight is 198 g/mol. The van der Waals surface area contributed by atoms with Crippen LogP contribution in [0.4, 0.5) is 4.79 Å². The highest BCUT2D eigenvalue weighted by molar-refractivity contribution is 5.75. The van der Waals surface area contributed by atoms with Gasteiger partial charge in [0.2, 0.25) is 0 Å². The van der Waals surface area contributed by atoms with Crippen molar-refractivity contribution in [2.75, 3.05) is 19.7 Å². The number of nitrogens with zero attached hydrogens (tertiary/aromatic N) is 1. The minimum absolute atomic E-state index is 0.0658. The summed E-state index contributed by atoms with van der Waals surface area (Å²) in [6.45, 7) is 6.60. The van der Waals surface area contributed by atoms with E-state index in [4.69, 9.17) is 4.74 Å². The number of carbonyl (C=O) groups excluding carboxylic acids is 1. The van der Waals surface area contributed by atoms with Crippen LogP contribution in [-0.2, 0) is 4.74 Å². The van der Waals surface area contributed by atoms with Crippen LogP contribution in [0.3, 0.4) is 0 Å².